The largest absolute Gasteiger partial charge is 0.315 e. The lowest BCUT2D eigenvalue weighted by molar-refractivity contribution is 0.371. The third-order valence-corrected chi connectivity index (χ3v) is 4.64. The third-order valence-electron chi connectivity index (χ3n) is 4.64. The second-order valence-electron chi connectivity index (χ2n) is 6.37. The average Bonchev–Trinajstić information content (AvgIpc) is 2.52. The lowest BCUT2D eigenvalue weighted by atomic mass is 10.0. The molecule has 118 valence electrons. The highest BCUT2D eigenvalue weighted by Gasteiger charge is 2.12. The molecule has 2 saturated heterocycles. The molecular weight excluding hydrogens is 248 g/mol. The predicted molar refractivity (Wildman–Crippen MR) is 86.3 cm³/mol. The van der Waals surface area contributed by atoms with E-state index in [0.29, 0.717) is 0 Å². The summed E-state index contributed by atoms with van der Waals surface area (Å²) < 4.78 is 0. The van der Waals surface area contributed by atoms with Gasteiger partial charge in [-0.25, -0.2) is 0 Å². The molecular formula is C16H34N4. The molecule has 0 aromatic carbocycles. The van der Waals surface area contributed by atoms with Crippen LogP contribution in [-0.4, -0.2) is 51.4 Å². The van der Waals surface area contributed by atoms with Crippen LogP contribution in [0.2, 0.25) is 0 Å². The predicted octanol–water partition coefficient (Wildman–Crippen LogP) is 1.23. The molecule has 2 fully saturated rings. The maximum atomic E-state index is 3.60. The molecule has 2 aliphatic heterocycles. The van der Waals surface area contributed by atoms with E-state index in [9.17, 15) is 0 Å². The first-order chi connectivity index (χ1) is 9.95. The van der Waals surface area contributed by atoms with Crippen molar-refractivity contribution >= 4 is 0 Å². The van der Waals surface area contributed by atoms with E-state index in [1.54, 1.807) is 0 Å². The summed E-state index contributed by atoms with van der Waals surface area (Å²) in [5.41, 5.74) is 0. The number of rotatable bonds is 9. The standard InChI is InChI=1S/C16H34N4/c1-3-9-19-15(5-1)7-11-17-13-14-18-12-8-16-6-2-4-10-20-16/h15-20H,1-14H2. The summed E-state index contributed by atoms with van der Waals surface area (Å²) in [5, 5.41) is 14.3. The molecule has 2 aliphatic rings. The molecule has 0 spiro atoms. The molecule has 20 heavy (non-hydrogen) atoms. The van der Waals surface area contributed by atoms with Crippen molar-refractivity contribution in [1.29, 1.82) is 0 Å². The Hall–Kier alpha value is -0.160. The molecule has 2 rings (SSSR count). The van der Waals surface area contributed by atoms with Crippen molar-refractivity contribution in [3.63, 3.8) is 0 Å². The van der Waals surface area contributed by atoms with Crippen LogP contribution in [0.5, 0.6) is 0 Å². The molecule has 4 N–H and O–H groups in total. The van der Waals surface area contributed by atoms with E-state index in [0.717, 1.165) is 38.3 Å². The lowest BCUT2D eigenvalue weighted by Gasteiger charge is -2.24. The van der Waals surface area contributed by atoms with Crippen LogP contribution in [0.3, 0.4) is 0 Å². The molecule has 0 bridgehead atoms. The Labute approximate surface area is 124 Å². The SMILES string of the molecule is C1CCC(CCNCCNCCC2CCCCN2)NC1. The van der Waals surface area contributed by atoms with Gasteiger partial charge in [-0.1, -0.05) is 12.8 Å². The summed E-state index contributed by atoms with van der Waals surface area (Å²) in [6.45, 7) is 6.96. The Morgan fingerprint density at radius 2 is 1.15 bits per heavy atom. The molecule has 0 radical (unpaired) electrons. The van der Waals surface area contributed by atoms with E-state index in [4.69, 9.17) is 0 Å². The summed E-state index contributed by atoms with van der Waals surface area (Å²) >= 11 is 0. The zero-order valence-electron chi connectivity index (χ0n) is 13.1. The van der Waals surface area contributed by atoms with Crippen molar-refractivity contribution < 1.29 is 0 Å². The molecule has 2 atom stereocenters. The van der Waals surface area contributed by atoms with Crippen LogP contribution in [0.1, 0.15) is 51.4 Å². The minimum Gasteiger partial charge on any atom is -0.315 e. The van der Waals surface area contributed by atoms with Crippen molar-refractivity contribution in [2.45, 2.75) is 63.5 Å². The fourth-order valence-electron chi connectivity index (χ4n) is 3.32. The summed E-state index contributed by atoms with van der Waals surface area (Å²) in [6, 6.07) is 1.53. The van der Waals surface area contributed by atoms with E-state index >= 15 is 0 Å². The van der Waals surface area contributed by atoms with Crippen LogP contribution in [-0.2, 0) is 0 Å². The van der Waals surface area contributed by atoms with Crippen molar-refractivity contribution in [3.05, 3.63) is 0 Å². The number of piperidine rings is 2. The fourth-order valence-corrected chi connectivity index (χ4v) is 3.32. The highest BCUT2D eigenvalue weighted by atomic mass is 15.0. The highest BCUT2D eigenvalue weighted by molar-refractivity contribution is 4.74. The van der Waals surface area contributed by atoms with Crippen LogP contribution < -0.4 is 21.3 Å². The number of nitrogens with one attached hydrogen (secondary N) is 4. The Bertz CT molecular complexity index is 199. The third kappa shape index (κ3) is 7.02. The van der Waals surface area contributed by atoms with Gasteiger partial charge in [0.2, 0.25) is 0 Å². The highest BCUT2D eigenvalue weighted by Crippen LogP contribution is 2.09. The van der Waals surface area contributed by atoms with Crippen LogP contribution in [0.15, 0.2) is 0 Å². The molecule has 4 nitrogen and oxygen atoms in total. The molecule has 0 aromatic heterocycles. The normalized spacial score (nSPS) is 27.6. The minimum atomic E-state index is 0.765. The maximum absolute atomic E-state index is 3.60. The second-order valence-corrected chi connectivity index (χ2v) is 6.37. The van der Waals surface area contributed by atoms with Crippen molar-refractivity contribution in [1.82, 2.24) is 21.3 Å². The maximum Gasteiger partial charge on any atom is 0.00791 e. The van der Waals surface area contributed by atoms with Gasteiger partial charge < -0.3 is 21.3 Å². The van der Waals surface area contributed by atoms with Gasteiger partial charge in [0, 0.05) is 25.2 Å². The second kappa shape index (κ2) is 10.6. The van der Waals surface area contributed by atoms with Gasteiger partial charge in [0.05, 0.1) is 0 Å². The van der Waals surface area contributed by atoms with Gasteiger partial charge >= 0.3 is 0 Å². The summed E-state index contributed by atoms with van der Waals surface area (Å²) in [6.07, 6.45) is 10.9. The molecule has 0 saturated carbocycles. The van der Waals surface area contributed by atoms with Gasteiger partial charge in [0.25, 0.3) is 0 Å². The van der Waals surface area contributed by atoms with Crippen LogP contribution in [0.25, 0.3) is 0 Å². The zero-order chi connectivity index (χ0) is 13.9. The van der Waals surface area contributed by atoms with Crippen LogP contribution >= 0.6 is 0 Å². The van der Waals surface area contributed by atoms with Gasteiger partial charge in [-0.05, 0) is 64.7 Å². The van der Waals surface area contributed by atoms with Gasteiger partial charge in [-0.15, -0.1) is 0 Å². The van der Waals surface area contributed by atoms with E-state index in [-0.39, 0.29) is 0 Å². The summed E-state index contributed by atoms with van der Waals surface area (Å²) in [4.78, 5) is 0. The van der Waals surface area contributed by atoms with Gasteiger partial charge in [0.1, 0.15) is 0 Å². The molecule has 2 unspecified atom stereocenters. The summed E-state index contributed by atoms with van der Waals surface area (Å²) in [5.74, 6) is 0. The first kappa shape index (κ1) is 16.2. The lowest BCUT2D eigenvalue weighted by Crippen LogP contribution is -2.38. The van der Waals surface area contributed by atoms with E-state index in [1.165, 1.54) is 64.5 Å². The monoisotopic (exact) mass is 282 g/mol. The number of hydrogen-bond acceptors (Lipinski definition) is 4. The molecule has 0 amide bonds. The first-order valence-corrected chi connectivity index (χ1v) is 8.83. The molecule has 0 aromatic rings. The first-order valence-electron chi connectivity index (χ1n) is 8.83. The summed E-state index contributed by atoms with van der Waals surface area (Å²) in [7, 11) is 0. The van der Waals surface area contributed by atoms with Crippen LogP contribution in [0.4, 0.5) is 0 Å². The van der Waals surface area contributed by atoms with E-state index in [2.05, 4.69) is 21.3 Å². The van der Waals surface area contributed by atoms with Crippen molar-refractivity contribution in [2.24, 2.45) is 0 Å². The smallest absolute Gasteiger partial charge is 0.00791 e. The average molecular weight is 282 g/mol. The Kier molecular flexibility index (Phi) is 8.55. The quantitative estimate of drug-likeness (QED) is 0.481. The van der Waals surface area contributed by atoms with E-state index < -0.39 is 0 Å². The van der Waals surface area contributed by atoms with E-state index in [1.807, 2.05) is 0 Å². The van der Waals surface area contributed by atoms with Crippen LogP contribution in [0, 0.1) is 0 Å². The Morgan fingerprint density at radius 1 is 0.650 bits per heavy atom. The Morgan fingerprint density at radius 3 is 1.55 bits per heavy atom. The molecule has 4 heteroatoms. The fraction of sp³-hybridized carbons (Fsp3) is 1.00. The number of hydrogen-bond donors (Lipinski definition) is 4. The van der Waals surface area contributed by atoms with Gasteiger partial charge in [0.15, 0.2) is 0 Å². The zero-order valence-corrected chi connectivity index (χ0v) is 13.1. The van der Waals surface area contributed by atoms with Crippen molar-refractivity contribution in [2.75, 3.05) is 39.3 Å². The Balaban J connectivity index is 1.33. The van der Waals surface area contributed by atoms with Gasteiger partial charge in [-0.2, -0.15) is 0 Å². The molecule has 2 heterocycles. The van der Waals surface area contributed by atoms with Gasteiger partial charge in [-0.3, -0.25) is 0 Å². The minimum absolute atomic E-state index is 0.765. The topological polar surface area (TPSA) is 48.1 Å². The molecule has 0 aliphatic carbocycles. The van der Waals surface area contributed by atoms with Crippen molar-refractivity contribution in [3.8, 4) is 0 Å².